The lowest BCUT2D eigenvalue weighted by Gasteiger charge is -2.24. The summed E-state index contributed by atoms with van der Waals surface area (Å²) in [5.74, 6) is 1.01. The summed E-state index contributed by atoms with van der Waals surface area (Å²) in [5.41, 5.74) is 8.44. The van der Waals surface area contributed by atoms with Crippen LogP contribution in [0, 0.1) is 0 Å². The van der Waals surface area contributed by atoms with Gasteiger partial charge in [-0.05, 0) is 48.4 Å². The van der Waals surface area contributed by atoms with Crippen molar-refractivity contribution in [1.82, 2.24) is 24.8 Å². The zero-order valence-electron chi connectivity index (χ0n) is 13.1. The number of benzene rings is 1. The fourth-order valence-corrected chi connectivity index (χ4v) is 3.52. The third kappa shape index (κ3) is 2.37. The molecule has 7 nitrogen and oxygen atoms in total. The SMILES string of the molecule is CCN1CCCC1Cn1c(-c2nonc2N)nc2ccccc21. The van der Waals surface area contributed by atoms with Gasteiger partial charge in [-0.1, -0.05) is 19.1 Å². The van der Waals surface area contributed by atoms with Crippen molar-refractivity contribution in [3.05, 3.63) is 24.3 Å². The number of anilines is 1. The molecule has 0 bridgehead atoms. The normalized spacial score (nSPS) is 18.9. The van der Waals surface area contributed by atoms with Crippen LogP contribution in [0.3, 0.4) is 0 Å². The van der Waals surface area contributed by atoms with Crippen LogP contribution in [0.5, 0.6) is 0 Å². The van der Waals surface area contributed by atoms with Crippen LogP contribution in [-0.2, 0) is 6.54 Å². The molecule has 2 N–H and O–H groups in total. The predicted molar refractivity (Wildman–Crippen MR) is 87.7 cm³/mol. The lowest BCUT2D eigenvalue weighted by atomic mass is 10.2. The fraction of sp³-hybridized carbons (Fsp3) is 0.438. The number of fused-ring (bicyclic) bond motifs is 1. The number of para-hydroxylation sites is 2. The second-order valence-corrected chi connectivity index (χ2v) is 5.96. The van der Waals surface area contributed by atoms with E-state index in [4.69, 9.17) is 15.3 Å². The summed E-state index contributed by atoms with van der Waals surface area (Å²) in [5, 5.41) is 7.64. The van der Waals surface area contributed by atoms with Crippen molar-refractivity contribution >= 4 is 16.9 Å². The van der Waals surface area contributed by atoms with Crippen LogP contribution >= 0.6 is 0 Å². The molecule has 1 saturated heterocycles. The Morgan fingerprint density at radius 3 is 2.96 bits per heavy atom. The summed E-state index contributed by atoms with van der Waals surface area (Å²) in [6.45, 7) is 5.32. The van der Waals surface area contributed by atoms with Gasteiger partial charge in [0.1, 0.15) is 0 Å². The smallest absolute Gasteiger partial charge is 0.199 e. The number of nitrogens with two attached hydrogens (primary N) is 1. The second-order valence-electron chi connectivity index (χ2n) is 5.96. The van der Waals surface area contributed by atoms with Gasteiger partial charge in [-0.25, -0.2) is 9.61 Å². The molecule has 0 aliphatic carbocycles. The van der Waals surface area contributed by atoms with Gasteiger partial charge in [-0.3, -0.25) is 4.90 Å². The molecule has 23 heavy (non-hydrogen) atoms. The minimum absolute atomic E-state index is 0.278. The van der Waals surface area contributed by atoms with Gasteiger partial charge in [0.05, 0.1) is 11.0 Å². The van der Waals surface area contributed by atoms with Crippen molar-refractivity contribution in [2.45, 2.75) is 32.4 Å². The number of likely N-dealkylation sites (tertiary alicyclic amines) is 1. The molecule has 3 heterocycles. The number of nitrogen functional groups attached to an aromatic ring is 1. The molecule has 0 radical (unpaired) electrons. The van der Waals surface area contributed by atoms with E-state index in [0.717, 1.165) is 36.5 Å². The predicted octanol–water partition coefficient (Wildman–Crippen LogP) is 2.15. The Morgan fingerprint density at radius 1 is 1.30 bits per heavy atom. The van der Waals surface area contributed by atoms with Gasteiger partial charge < -0.3 is 10.3 Å². The highest BCUT2D eigenvalue weighted by molar-refractivity contribution is 5.81. The molecule has 7 heteroatoms. The quantitative estimate of drug-likeness (QED) is 0.794. The lowest BCUT2D eigenvalue weighted by Crippen LogP contribution is -2.32. The Bertz CT molecular complexity index is 823. The molecule has 0 saturated carbocycles. The van der Waals surface area contributed by atoms with Gasteiger partial charge in [0, 0.05) is 12.6 Å². The first-order chi connectivity index (χ1) is 11.3. The second kappa shape index (κ2) is 5.66. The molecule has 1 aromatic carbocycles. The Kier molecular flexibility index (Phi) is 3.49. The van der Waals surface area contributed by atoms with E-state index in [2.05, 4.69) is 32.8 Å². The van der Waals surface area contributed by atoms with Crippen LogP contribution in [0.2, 0.25) is 0 Å². The molecule has 3 aromatic rings. The molecule has 0 amide bonds. The average Bonchev–Trinajstić information content (AvgIpc) is 3.27. The van der Waals surface area contributed by atoms with Crippen molar-refractivity contribution < 1.29 is 4.63 Å². The van der Waals surface area contributed by atoms with Gasteiger partial charge in [-0.2, -0.15) is 0 Å². The first kappa shape index (κ1) is 14.2. The molecular weight excluding hydrogens is 292 g/mol. The van der Waals surface area contributed by atoms with Gasteiger partial charge in [0.25, 0.3) is 0 Å². The first-order valence-electron chi connectivity index (χ1n) is 8.05. The van der Waals surface area contributed by atoms with E-state index in [-0.39, 0.29) is 5.82 Å². The number of hydrogen-bond donors (Lipinski definition) is 1. The maximum atomic E-state index is 5.89. The van der Waals surface area contributed by atoms with Gasteiger partial charge in [-0.15, -0.1) is 0 Å². The van der Waals surface area contributed by atoms with Crippen LogP contribution in [-0.4, -0.2) is 43.9 Å². The largest absolute Gasteiger partial charge is 0.379 e. The summed E-state index contributed by atoms with van der Waals surface area (Å²) in [6.07, 6.45) is 2.44. The summed E-state index contributed by atoms with van der Waals surface area (Å²) in [4.78, 5) is 7.23. The van der Waals surface area contributed by atoms with Crippen molar-refractivity contribution in [1.29, 1.82) is 0 Å². The van der Waals surface area contributed by atoms with Crippen molar-refractivity contribution in [3.8, 4) is 11.5 Å². The zero-order valence-corrected chi connectivity index (χ0v) is 13.1. The van der Waals surface area contributed by atoms with E-state index in [1.54, 1.807) is 0 Å². The topological polar surface area (TPSA) is 86.0 Å². The number of nitrogens with zero attached hydrogens (tertiary/aromatic N) is 5. The highest BCUT2D eigenvalue weighted by Crippen LogP contribution is 2.29. The third-order valence-corrected chi connectivity index (χ3v) is 4.68. The molecule has 1 fully saturated rings. The number of likely N-dealkylation sites (N-methyl/N-ethyl adjacent to an activating group) is 1. The first-order valence-corrected chi connectivity index (χ1v) is 8.05. The van der Waals surface area contributed by atoms with Crippen LogP contribution in [0.25, 0.3) is 22.6 Å². The number of rotatable bonds is 4. The molecule has 120 valence electrons. The summed E-state index contributed by atoms with van der Waals surface area (Å²) in [7, 11) is 0. The standard InChI is InChI=1S/C16H20N6O/c1-2-21-9-5-6-11(21)10-22-13-8-4-3-7-12(13)18-16(22)14-15(17)20-23-19-14/h3-4,7-8,11H,2,5-6,9-10H2,1H3,(H2,17,20). The Balaban J connectivity index is 1.82. The van der Waals surface area contributed by atoms with Crippen molar-refractivity contribution in [2.24, 2.45) is 0 Å². The fourth-order valence-electron chi connectivity index (χ4n) is 3.52. The highest BCUT2D eigenvalue weighted by Gasteiger charge is 2.26. The summed E-state index contributed by atoms with van der Waals surface area (Å²) in [6, 6.07) is 8.62. The van der Waals surface area contributed by atoms with Gasteiger partial charge in [0.15, 0.2) is 17.3 Å². The molecular formula is C16H20N6O. The van der Waals surface area contributed by atoms with E-state index in [0.29, 0.717) is 11.7 Å². The summed E-state index contributed by atoms with van der Waals surface area (Å²) >= 11 is 0. The molecule has 4 rings (SSSR count). The van der Waals surface area contributed by atoms with Gasteiger partial charge in [0.2, 0.25) is 0 Å². The lowest BCUT2D eigenvalue weighted by molar-refractivity contribution is 0.246. The van der Waals surface area contributed by atoms with E-state index in [1.807, 2.05) is 18.2 Å². The van der Waals surface area contributed by atoms with E-state index < -0.39 is 0 Å². The number of aromatic nitrogens is 4. The molecule has 0 spiro atoms. The van der Waals surface area contributed by atoms with Crippen LogP contribution in [0.1, 0.15) is 19.8 Å². The third-order valence-electron chi connectivity index (χ3n) is 4.68. The average molecular weight is 312 g/mol. The number of imidazole rings is 1. The monoisotopic (exact) mass is 312 g/mol. The Labute approximate surface area is 134 Å². The minimum atomic E-state index is 0.278. The molecule has 1 aliphatic heterocycles. The van der Waals surface area contributed by atoms with Gasteiger partial charge >= 0.3 is 0 Å². The number of hydrogen-bond acceptors (Lipinski definition) is 6. The van der Waals surface area contributed by atoms with Crippen LogP contribution in [0.15, 0.2) is 28.9 Å². The molecule has 1 aliphatic rings. The summed E-state index contributed by atoms with van der Waals surface area (Å²) < 4.78 is 6.97. The maximum Gasteiger partial charge on any atom is 0.199 e. The van der Waals surface area contributed by atoms with Crippen LogP contribution in [0.4, 0.5) is 5.82 Å². The van der Waals surface area contributed by atoms with E-state index in [9.17, 15) is 0 Å². The Morgan fingerprint density at radius 2 is 2.17 bits per heavy atom. The Hall–Kier alpha value is -2.41. The van der Waals surface area contributed by atoms with Crippen LogP contribution < -0.4 is 5.73 Å². The molecule has 1 unspecified atom stereocenters. The maximum absolute atomic E-state index is 5.89. The van der Waals surface area contributed by atoms with E-state index >= 15 is 0 Å². The molecule has 1 atom stereocenters. The van der Waals surface area contributed by atoms with E-state index in [1.165, 1.54) is 12.8 Å². The molecule has 2 aromatic heterocycles. The zero-order chi connectivity index (χ0) is 15.8. The van der Waals surface area contributed by atoms with Crippen molar-refractivity contribution in [3.63, 3.8) is 0 Å². The van der Waals surface area contributed by atoms with Crippen molar-refractivity contribution in [2.75, 3.05) is 18.8 Å². The highest BCUT2D eigenvalue weighted by atomic mass is 16.6. The minimum Gasteiger partial charge on any atom is -0.379 e.